The van der Waals surface area contributed by atoms with E-state index in [0.29, 0.717) is 0 Å². The molecule has 2 atom stereocenters. The predicted molar refractivity (Wildman–Crippen MR) is 120 cm³/mol. The SMILES string of the molecule is Cc1c[c-]ccc1N(C)C(=O)N(C)C.[CH2-]CC(=O)N(C)C(C)C(=O)NC(C)CC(=O)O.[Y]. The van der Waals surface area contributed by atoms with Crippen molar-refractivity contribution in [1.82, 2.24) is 15.1 Å². The molecule has 1 radical (unpaired) electrons. The van der Waals surface area contributed by atoms with Crippen molar-refractivity contribution in [1.29, 1.82) is 0 Å². The summed E-state index contributed by atoms with van der Waals surface area (Å²) in [5.74, 6) is -1.59. The van der Waals surface area contributed by atoms with Crippen LogP contribution in [0.2, 0.25) is 0 Å². The summed E-state index contributed by atoms with van der Waals surface area (Å²) in [6, 6.07) is 7.40. The average molecular weight is 523 g/mol. The Morgan fingerprint density at radius 1 is 1.16 bits per heavy atom. The Labute approximate surface area is 216 Å². The van der Waals surface area contributed by atoms with Gasteiger partial charge in [0.05, 0.1) is 6.42 Å². The Kier molecular flexibility index (Phi) is 15.8. The van der Waals surface area contributed by atoms with E-state index in [2.05, 4.69) is 18.3 Å². The van der Waals surface area contributed by atoms with Crippen LogP contribution in [0.4, 0.5) is 10.5 Å². The molecule has 0 bridgehead atoms. The summed E-state index contributed by atoms with van der Waals surface area (Å²) >= 11 is 0. The molecule has 0 saturated heterocycles. The predicted octanol–water partition coefficient (Wildman–Crippen LogP) is 1.95. The number of rotatable bonds is 7. The molecule has 0 aromatic heterocycles. The maximum Gasteiger partial charge on any atom is 0.321 e. The molecule has 9 nitrogen and oxygen atoms in total. The molecule has 0 aliphatic rings. The maximum absolute atomic E-state index is 11.7. The number of aryl methyl sites for hydroxylation is 1. The van der Waals surface area contributed by atoms with Crippen molar-refractivity contribution in [2.24, 2.45) is 0 Å². The summed E-state index contributed by atoms with van der Waals surface area (Å²) in [7, 11) is 6.76. The van der Waals surface area contributed by atoms with E-state index in [9.17, 15) is 19.2 Å². The fourth-order valence-corrected chi connectivity index (χ4v) is 2.53. The van der Waals surface area contributed by atoms with E-state index in [1.165, 1.54) is 11.9 Å². The van der Waals surface area contributed by atoms with Gasteiger partial charge in [-0.2, -0.15) is 18.2 Å². The van der Waals surface area contributed by atoms with Crippen molar-refractivity contribution in [2.75, 3.05) is 33.1 Å². The van der Waals surface area contributed by atoms with Gasteiger partial charge in [-0.1, -0.05) is 12.6 Å². The molecule has 2 N–H and O–H groups in total. The minimum atomic E-state index is -0.979. The zero-order chi connectivity index (χ0) is 24.3. The van der Waals surface area contributed by atoms with Crippen LogP contribution in [0.15, 0.2) is 18.2 Å². The van der Waals surface area contributed by atoms with Crippen LogP contribution in [-0.4, -0.2) is 79.0 Å². The third kappa shape index (κ3) is 11.0. The number of anilines is 1. The minimum Gasteiger partial charge on any atom is -0.481 e. The molecule has 0 fully saturated rings. The van der Waals surface area contributed by atoms with Crippen molar-refractivity contribution in [3.8, 4) is 0 Å². The number of hydrogen-bond acceptors (Lipinski definition) is 4. The third-order valence-corrected chi connectivity index (χ3v) is 4.51. The molecule has 1 aromatic rings. The molecule has 0 aliphatic heterocycles. The van der Waals surface area contributed by atoms with Gasteiger partial charge in [-0.15, -0.1) is 18.1 Å². The van der Waals surface area contributed by atoms with Gasteiger partial charge in [-0.3, -0.25) is 14.4 Å². The largest absolute Gasteiger partial charge is 0.481 e. The number of nitrogens with one attached hydrogen (secondary N) is 1. The molecule has 0 spiro atoms. The number of carbonyl (C=O) groups excluding carboxylic acids is 3. The van der Waals surface area contributed by atoms with Crippen molar-refractivity contribution < 1.29 is 57.0 Å². The minimum absolute atomic E-state index is 0. The van der Waals surface area contributed by atoms with Gasteiger partial charge >= 0.3 is 12.0 Å². The van der Waals surface area contributed by atoms with Crippen LogP contribution < -0.4 is 10.2 Å². The van der Waals surface area contributed by atoms with Crippen LogP contribution in [0.25, 0.3) is 0 Å². The first kappa shape index (κ1) is 32.2. The van der Waals surface area contributed by atoms with Crippen molar-refractivity contribution in [3.63, 3.8) is 0 Å². The van der Waals surface area contributed by atoms with Gasteiger partial charge in [-0.05, 0) is 13.8 Å². The number of aliphatic carboxylic acids is 1. The maximum atomic E-state index is 11.7. The Morgan fingerprint density at radius 3 is 2.16 bits per heavy atom. The second kappa shape index (κ2) is 15.7. The second-order valence-corrected chi connectivity index (χ2v) is 7.39. The van der Waals surface area contributed by atoms with Crippen LogP contribution in [0, 0.1) is 19.9 Å². The van der Waals surface area contributed by atoms with E-state index in [4.69, 9.17) is 5.11 Å². The smallest absolute Gasteiger partial charge is 0.321 e. The third-order valence-electron chi connectivity index (χ3n) is 4.51. The Morgan fingerprint density at radius 2 is 1.72 bits per heavy atom. The molecular formula is C22H34N4O5Y-2. The van der Waals surface area contributed by atoms with Gasteiger partial charge < -0.3 is 32.0 Å². The first-order chi connectivity index (χ1) is 14.3. The second-order valence-electron chi connectivity index (χ2n) is 7.39. The molecule has 177 valence electrons. The van der Waals surface area contributed by atoms with Gasteiger partial charge in [0.1, 0.15) is 6.04 Å². The number of benzene rings is 1. The van der Waals surface area contributed by atoms with Crippen LogP contribution in [-0.2, 0) is 47.1 Å². The Bertz CT molecular complexity index is 772. The summed E-state index contributed by atoms with van der Waals surface area (Å²) < 4.78 is 0. The van der Waals surface area contributed by atoms with E-state index in [-0.39, 0.29) is 63.4 Å². The zero-order valence-corrected chi connectivity index (χ0v) is 22.8. The number of amides is 4. The van der Waals surface area contributed by atoms with E-state index in [1.54, 1.807) is 44.8 Å². The molecule has 0 aliphatic carbocycles. The van der Waals surface area contributed by atoms with Crippen molar-refractivity contribution in [3.05, 3.63) is 36.8 Å². The summed E-state index contributed by atoms with van der Waals surface area (Å²) in [5, 5.41) is 11.1. The average Bonchev–Trinajstić information content (AvgIpc) is 2.70. The fraction of sp³-hybridized carbons (Fsp3) is 0.500. The number of likely N-dealkylation sites (N-methyl/N-ethyl adjacent to an activating group) is 1. The molecule has 0 saturated carbocycles. The Hall–Kier alpha value is -2.00. The van der Waals surface area contributed by atoms with Crippen molar-refractivity contribution >= 4 is 29.5 Å². The first-order valence-corrected chi connectivity index (χ1v) is 9.82. The molecule has 10 heteroatoms. The summed E-state index contributed by atoms with van der Waals surface area (Å²) in [5.41, 5.74) is 1.97. The number of urea groups is 1. The molecule has 2 unspecified atom stereocenters. The molecular weight excluding hydrogens is 489 g/mol. The van der Waals surface area contributed by atoms with E-state index >= 15 is 0 Å². The first-order valence-electron chi connectivity index (χ1n) is 9.82. The number of carboxylic acids is 1. The summed E-state index contributed by atoms with van der Waals surface area (Å²) in [4.78, 5) is 49.5. The monoisotopic (exact) mass is 523 g/mol. The molecule has 1 rings (SSSR count). The fourth-order valence-electron chi connectivity index (χ4n) is 2.53. The van der Waals surface area contributed by atoms with E-state index < -0.39 is 18.1 Å². The van der Waals surface area contributed by atoms with Gasteiger partial charge in [0.15, 0.2) is 5.91 Å². The van der Waals surface area contributed by atoms with Gasteiger partial charge in [0.2, 0.25) is 5.91 Å². The standard InChI is InChI=1S/C11H19N2O4.C11H15N2O.Y/c1-5-9(14)13(4)8(3)11(17)12-7(2)6-10(15)16;1-9-7-5-6-8-10(9)13(4)11(14)12(2)3;/h7-8H,1,5-6H2,2-4H3,(H,12,17)(H,15,16);6-8H,1-4H3;/q2*-1;. The quantitative estimate of drug-likeness (QED) is 0.531. The number of carboxylic acid groups (broad SMARTS) is 1. The number of carbonyl (C=O) groups is 4. The van der Waals surface area contributed by atoms with Crippen LogP contribution in [0.3, 0.4) is 0 Å². The topological polar surface area (TPSA) is 110 Å². The van der Waals surface area contributed by atoms with Gasteiger partial charge in [0, 0.05) is 66.9 Å². The molecule has 32 heavy (non-hydrogen) atoms. The van der Waals surface area contributed by atoms with Crippen LogP contribution >= 0.6 is 0 Å². The molecule has 1 aromatic carbocycles. The Balaban J connectivity index is 0. The van der Waals surface area contributed by atoms with Crippen molar-refractivity contribution in [2.45, 2.75) is 45.7 Å². The van der Waals surface area contributed by atoms with Crippen LogP contribution in [0.5, 0.6) is 0 Å². The molecule has 0 heterocycles. The summed E-state index contributed by atoms with van der Waals surface area (Å²) in [6.07, 6.45) is -0.0652. The number of nitrogens with zero attached hydrogens (tertiary/aromatic N) is 3. The van der Waals surface area contributed by atoms with Crippen LogP contribution in [0.1, 0.15) is 32.3 Å². The van der Waals surface area contributed by atoms with E-state index in [0.717, 1.165) is 11.3 Å². The zero-order valence-electron chi connectivity index (χ0n) is 20.0. The summed E-state index contributed by atoms with van der Waals surface area (Å²) in [6.45, 7) is 8.59. The van der Waals surface area contributed by atoms with Gasteiger partial charge in [-0.25, -0.2) is 4.79 Å². The number of hydrogen-bond donors (Lipinski definition) is 2. The normalized spacial score (nSPS) is 11.5. The van der Waals surface area contributed by atoms with E-state index in [1.807, 2.05) is 25.1 Å². The van der Waals surface area contributed by atoms with Gasteiger partial charge in [0.25, 0.3) is 0 Å². The molecule has 4 amide bonds.